The number of alkyl halides is 2. The summed E-state index contributed by atoms with van der Waals surface area (Å²) >= 11 is 0. The maximum Gasteiger partial charge on any atom is 0.283 e. The Morgan fingerprint density at radius 3 is 2.64 bits per heavy atom. The average molecular weight is 202 g/mol. The third-order valence-corrected chi connectivity index (χ3v) is 1.49. The van der Waals surface area contributed by atoms with Gasteiger partial charge in [0, 0.05) is 6.07 Å². The maximum atomic E-state index is 13.1. The number of nitriles is 1. The molecular formula is C8H5F3N2O. The third-order valence-electron chi connectivity index (χ3n) is 1.49. The smallest absolute Gasteiger partial charge is 0.283 e. The van der Waals surface area contributed by atoms with Crippen LogP contribution in [0.15, 0.2) is 6.07 Å². The molecule has 6 heteroatoms. The van der Waals surface area contributed by atoms with Crippen molar-refractivity contribution in [2.75, 3.05) is 7.11 Å². The number of hydrogen-bond acceptors (Lipinski definition) is 3. The van der Waals surface area contributed by atoms with Crippen molar-refractivity contribution in [1.82, 2.24) is 4.98 Å². The minimum atomic E-state index is -3.07. The first-order valence-corrected chi connectivity index (χ1v) is 3.52. The van der Waals surface area contributed by atoms with E-state index in [-0.39, 0.29) is 5.69 Å². The third kappa shape index (κ3) is 1.76. The number of ether oxygens (including phenoxy) is 1. The number of pyridine rings is 1. The molecule has 0 radical (unpaired) electrons. The van der Waals surface area contributed by atoms with Gasteiger partial charge >= 0.3 is 0 Å². The molecule has 0 spiro atoms. The van der Waals surface area contributed by atoms with Crippen LogP contribution in [-0.2, 0) is 0 Å². The molecule has 3 nitrogen and oxygen atoms in total. The summed E-state index contributed by atoms with van der Waals surface area (Å²) in [5.74, 6) is -1.65. The lowest BCUT2D eigenvalue weighted by Crippen LogP contribution is -2.01. The molecule has 1 aromatic heterocycles. The molecule has 0 amide bonds. The highest BCUT2D eigenvalue weighted by Gasteiger charge is 2.20. The first-order chi connectivity index (χ1) is 6.60. The summed E-state index contributed by atoms with van der Waals surface area (Å²) in [7, 11) is 1.12. The van der Waals surface area contributed by atoms with Gasteiger partial charge in [0.05, 0.1) is 7.11 Å². The van der Waals surface area contributed by atoms with Gasteiger partial charge in [-0.15, -0.1) is 0 Å². The Kier molecular flexibility index (Phi) is 2.92. The Balaban J connectivity index is 3.36. The van der Waals surface area contributed by atoms with Crippen LogP contribution < -0.4 is 4.74 Å². The van der Waals surface area contributed by atoms with Gasteiger partial charge in [-0.1, -0.05) is 0 Å². The van der Waals surface area contributed by atoms with E-state index in [1.807, 2.05) is 0 Å². The second kappa shape index (κ2) is 3.96. The molecule has 74 valence electrons. The summed E-state index contributed by atoms with van der Waals surface area (Å²) in [6.45, 7) is 0. The van der Waals surface area contributed by atoms with E-state index in [1.54, 1.807) is 0 Å². The van der Waals surface area contributed by atoms with E-state index in [9.17, 15) is 13.2 Å². The first kappa shape index (κ1) is 10.3. The van der Waals surface area contributed by atoms with Gasteiger partial charge in [0.1, 0.15) is 17.5 Å². The van der Waals surface area contributed by atoms with Crippen LogP contribution in [0.4, 0.5) is 13.2 Å². The van der Waals surface area contributed by atoms with Crippen LogP contribution in [0.5, 0.6) is 5.75 Å². The highest BCUT2D eigenvalue weighted by atomic mass is 19.3. The quantitative estimate of drug-likeness (QED) is 0.737. The summed E-state index contributed by atoms with van der Waals surface area (Å²) in [6, 6.07) is 2.49. The first-order valence-electron chi connectivity index (χ1n) is 3.52. The molecule has 1 heterocycles. The van der Waals surface area contributed by atoms with E-state index < -0.39 is 23.7 Å². The molecule has 0 aliphatic rings. The predicted molar refractivity (Wildman–Crippen MR) is 40.4 cm³/mol. The lowest BCUT2D eigenvalue weighted by atomic mass is 10.2. The summed E-state index contributed by atoms with van der Waals surface area (Å²) in [5, 5.41) is 8.42. The zero-order valence-corrected chi connectivity index (χ0v) is 7.09. The molecule has 0 saturated carbocycles. The topological polar surface area (TPSA) is 45.9 Å². The van der Waals surface area contributed by atoms with Gasteiger partial charge < -0.3 is 4.74 Å². The Morgan fingerprint density at radius 2 is 2.21 bits per heavy atom. The Bertz CT molecular complexity index is 387. The number of aromatic nitrogens is 1. The minimum absolute atomic E-state index is 0.307. The van der Waals surface area contributed by atoms with E-state index in [0.29, 0.717) is 0 Å². The van der Waals surface area contributed by atoms with Crippen molar-refractivity contribution in [3.8, 4) is 11.8 Å². The van der Waals surface area contributed by atoms with Crippen LogP contribution in [0.3, 0.4) is 0 Å². The van der Waals surface area contributed by atoms with Gasteiger partial charge in [0.25, 0.3) is 6.43 Å². The highest BCUT2D eigenvalue weighted by molar-refractivity contribution is 5.35. The molecule has 1 aromatic rings. The van der Waals surface area contributed by atoms with E-state index in [0.717, 1.165) is 13.2 Å². The van der Waals surface area contributed by atoms with E-state index >= 15 is 0 Å². The molecule has 14 heavy (non-hydrogen) atoms. The van der Waals surface area contributed by atoms with Crippen LogP contribution in [0.25, 0.3) is 0 Å². The Morgan fingerprint density at radius 1 is 1.57 bits per heavy atom. The molecule has 0 unspecified atom stereocenters. The van der Waals surface area contributed by atoms with Crippen LogP contribution >= 0.6 is 0 Å². The lowest BCUT2D eigenvalue weighted by Gasteiger charge is -2.06. The molecule has 0 N–H and O–H groups in total. The summed E-state index contributed by atoms with van der Waals surface area (Å²) in [6.07, 6.45) is -3.07. The molecule has 0 atom stereocenters. The summed E-state index contributed by atoms with van der Waals surface area (Å²) in [5.41, 5.74) is -1.38. The fraction of sp³-hybridized carbons (Fsp3) is 0.250. The molecular weight excluding hydrogens is 197 g/mol. The van der Waals surface area contributed by atoms with Crippen molar-refractivity contribution >= 4 is 0 Å². The number of rotatable bonds is 2. The molecule has 0 saturated heterocycles. The molecule has 0 fully saturated rings. The van der Waals surface area contributed by atoms with Gasteiger partial charge in [-0.2, -0.15) is 5.26 Å². The van der Waals surface area contributed by atoms with Gasteiger partial charge in [0.2, 0.25) is 0 Å². The van der Waals surface area contributed by atoms with Gasteiger partial charge in [0.15, 0.2) is 11.6 Å². The summed E-state index contributed by atoms with van der Waals surface area (Å²) in [4.78, 5) is 3.13. The summed E-state index contributed by atoms with van der Waals surface area (Å²) < 4.78 is 41.9. The van der Waals surface area contributed by atoms with Crippen molar-refractivity contribution < 1.29 is 17.9 Å². The zero-order chi connectivity index (χ0) is 10.7. The zero-order valence-electron chi connectivity index (χ0n) is 7.09. The number of halogens is 3. The van der Waals surface area contributed by atoms with Crippen molar-refractivity contribution in [3.05, 3.63) is 23.3 Å². The van der Waals surface area contributed by atoms with Crippen molar-refractivity contribution in [3.63, 3.8) is 0 Å². The van der Waals surface area contributed by atoms with Crippen molar-refractivity contribution in [2.24, 2.45) is 0 Å². The Labute approximate surface area is 77.7 Å². The van der Waals surface area contributed by atoms with Crippen molar-refractivity contribution in [1.29, 1.82) is 5.26 Å². The standard InChI is InChI=1S/C8H5F3N2O/c1-14-5-2-4(3-12)13-7(6(5)9)8(10)11/h2,8H,1H3. The van der Waals surface area contributed by atoms with Gasteiger partial charge in [-0.25, -0.2) is 18.2 Å². The van der Waals surface area contributed by atoms with Gasteiger partial charge in [-0.3, -0.25) is 0 Å². The van der Waals surface area contributed by atoms with Crippen LogP contribution in [-0.4, -0.2) is 12.1 Å². The fourth-order valence-corrected chi connectivity index (χ4v) is 0.875. The van der Waals surface area contributed by atoms with Crippen LogP contribution in [0.1, 0.15) is 17.8 Å². The van der Waals surface area contributed by atoms with Crippen LogP contribution in [0, 0.1) is 17.1 Å². The molecule has 0 aliphatic carbocycles. The van der Waals surface area contributed by atoms with E-state index in [2.05, 4.69) is 9.72 Å². The molecule has 0 bridgehead atoms. The second-order valence-electron chi connectivity index (χ2n) is 2.32. The number of methoxy groups -OCH3 is 1. The van der Waals surface area contributed by atoms with E-state index in [1.165, 1.54) is 6.07 Å². The average Bonchev–Trinajstić information content (AvgIpc) is 2.17. The van der Waals surface area contributed by atoms with Gasteiger partial charge in [-0.05, 0) is 0 Å². The minimum Gasteiger partial charge on any atom is -0.493 e. The number of hydrogen-bond donors (Lipinski definition) is 0. The van der Waals surface area contributed by atoms with Crippen molar-refractivity contribution in [2.45, 2.75) is 6.43 Å². The molecule has 1 rings (SSSR count). The molecule has 0 aromatic carbocycles. The lowest BCUT2D eigenvalue weighted by molar-refractivity contribution is 0.139. The normalized spacial score (nSPS) is 10.0. The number of nitrogens with zero attached hydrogens (tertiary/aromatic N) is 2. The molecule has 0 aliphatic heterocycles. The highest BCUT2D eigenvalue weighted by Crippen LogP contribution is 2.27. The maximum absolute atomic E-state index is 13.1. The SMILES string of the molecule is COc1cc(C#N)nc(C(F)F)c1F. The second-order valence-corrected chi connectivity index (χ2v) is 2.32. The monoisotopic (exact) mass is 202 g/mol. The largest absolute Gasteiger partial charge is 0.493 e. The van der Waals surface area contributed by atoms with E-state index in [4.69, 9.17) is 5.26 Å². The van der Waals surface area contributed by atoms with Crippen LogP contribution in [0.2, 0.25) is 0 Å². The fourth-order valence-electron chi connectivity index (χ4n) is 0.875. The predicted octanol–water partition coefficient (Wildman–Crippen LogP) is 2.04. The Hall–Kier alpha value is -1.77.